The molecule has 68 valence electrons. The molecule has 2 fully saturated rings. The van der Waals surface area contributed by atoms with Gasteiger partial charge in [-0.05, 0) is 12.1 Å². The molecule has 2 aliphatic rings. The van der Waals surface area contributed by atoms with Crippen LogP contribution in [0.4, 0.5) is 5.82 Å². The van der Waals surface area contributed by atoms with Gasteiger partial charge in [-0.1, -0.05) is 6.07 Å². The van der Waals surface area contributed by atoms with Gasteiger partial charge < -0.3 is 9.64 Å². The predicted molar refractivity (Wildman–Crippen MR) is 49.7 cm³/mol. The van der Waals surface area contributed by atoms with Crippen LogP contribution in [-0.2, 0) is 4.74 Å². The Morgan fingerprint density at radius 1 is 1.31 bits per heavy atom. The third kappa shape index (κ3) is 1.04. The van der Waals surface area contributed by atoms with Crippen LogP contribution in [0.1, 0.15) is 0 Å². The second-order valence-corrected chi connectivity index (χ2v) is 4.04. The van der Waals surface area contributed by atoms with Crippen molar-refractivity contribution in [2.45, 2.75) is 0 Å². The minimum absolute atomic E-state index is 0.484. The Morgan fingerprint density at radius 3 is 2.69 bits per heavy atom. The summed E-state index contributed by atoms with van der Waals surface area (Å²) in [5.41, 5.74) is 0.484. The van der Waals surface area contributed by atoms with Gasteiger partial charge >= 0.3 is 0 Å². The van der Waals surface area contributed by atoms with Gasteiger partial charge in [-0.2, -0.15) is 0 Å². The standard InChI is InChI=1S/C10H12N2O/c1-2-4-11-9(3-1)12-5-10(6-12)7-13-8-10/h1-4H,5-8H2. The minimum Gasteiger partial charge on any atom is -0.380 e. The Labute approximate surface area is 77.3 Å². The second kappa shape index (κ2) is 2.45. The maximum atomic E-state index is 5.22. The molecule has 1 spiro atoms. The second-order valence-electron chi connectivity index (χ2n) is 4.04. The van der Waals surface area contributed by atoms with Crippen molar-refractivity contribution >= 4 is 5.82 Å². The average Bonchev–Trinajstić information content (AvgIpc) is 2.01. The van der Waals surface area contributed by atoms with E-state index >= 15 is 0 Å². The summed E-state index contributed by atoms with van der Waals surface area (Å²) < 4.78 is 5.22. The number of hydrogen-bond donors (Lipinski definition) is 0. The van der Waals surface area contributed by atoms with Crippen LogP contribution in [0.25, 0.3) is 0 Å². The molecule has 0 bridgehead atoms. The van der Waals surface area contributed by atoms with Gasteiger partial charge in [-0.3, -0.25) is 0 Å². The highest BCUT2D eigenvalue weighted by Gasteiger charge is 2.49. The molecule has 3 heterocycles. The molecule has 0 saturated carbocycles. The fraction of sp³-hybridized carbons (Fsp3) is 0.500. The maximum absolute atomic E-state index is 5.22. The molecule has 0 radical (unpaired) electrons. The maximum Gasteiger partial charge on any atom is 0.128 e. The first-order chi connectivity index (χ1) is 6.38. The van der Waals surface area contributed by atoms with Crippen molar-refractivity contribution in [3.8, 4) is 0 Å². The number of ether oxygens (including phenoxy) is 1. The minimum atomic E-state index is 0.484. The average molecular weight is 176 g/mol. The van der Waals surface area contributed by atoms with Crippen molar-refractivity contribution in [1.82, 2.24) is 4.98 Å². The van der Waals surface area contributed by atoms with Gasteiger partial charge in [-0.15, -0.1) is 0 Å². The van der Waals surface area contributed by atoms with E-state index < -0.39 is 0 Å². The van der Waals surface area contributed by atoms with Crippen LogP contribution in [0.15, 0.2) is 24.4 Å². The van der Waals surface area contributed by atoms with Crippen molar-refractivity contribution < 1.29 is 4.74 Å². The van der Waals surface area contributed by atoms with E-state index in [1.807, 2.05) is 18.3 Å². The fourth-order valence-corrected chi connectivity index (χ4v) is 2.04. The van der Waals surface area contributed by atoms with Crippen LogP contribution in [0.5, 0.6) is 0 Å². The molecular formula is C10H12N2O. The summed E-state index contributed by atoms with van der Waals surface area (Å²) in [5.74, 6) is 1.10. The van der Waals surface area contributed by atoms with Crippen LogP contribution in [-0.4, -0.2) is 31.3 Å². The first kappa shape index (κ1) is 7.33. The van der Waals surface area contributed by atoms with Crippen molar-refractivity contribution in [2.24, 2.45) is 5.41 Å². The monoisotopic (exact) mass is 176 g/mol. The normalized spacial score (nSPS) is 23.8. The quantitative estimate of drug-likeness (QED) is 0.636. The zero-order chi connectivity index (χ0) is 8.73. The summed E-state index contributed by atoms with van der Waals surface area (Å²) >= 11 is 0. The topological polar surface area (TPSA) is 25.4 Å². The Balaban J connectivity index is 1.71. The Morgan fingerprint density at radius 2 is 2.15 bits per heavy atom. The largest absolute Gasteiger partial charge is 0.380 e. The van der Waals surface area contributed by atoms with Crippen molar-refractivity contribution in [2.75, 3.05) is 31.2 Å². The first-order valence-electron chi connectivity index (χ1n) is 4.62. The molecule has 0 unspecified atom stereocenters. The van der Waals surface area contributed by atoms with Crippen LogP contribution in [0, 0.1) is 5.41 Å². The van der Waals surface area contributed by atoms with E-state index in [-0.39, 0.29) is 0 Å². The van der Waals surface area contributed by atoms with Crippen LogP contribution >= 0.6 is 0 Å². The van der Waals surface area contributed by atoms with E-state index in [1.165, 1.54) is 0 Å². The van der Waals surface area contributed by atoms with E-state index in [9.17, 15) is 0 Å². The summed E-state index contributed by atoms with van der Waals surface area (Å²) in [5, 5.41) is 0. The summed E-state index contributed by atoms with van der Waals surface area (Å²) in [6, 6.07) is 6.04. The number of pyridine rings is 1. The lowest BCUT2D eigenvalue weighted by Crippen LogP contribution is -2.66. The van der Waals surface area contributed by atoms with E-state index in [0.29, 0.717) is 5.41 Å². The number of anilines is 1. The smallest absolute Gasteiger partial charge is 0.128 e. The number of rotatable bonds is 1. The SMILES string of the molecule is c1ccc(N2CC3(COC3)C2)nc1. The number of nitrogens with zero attached hydrogens (tertiary/aromatic N) is 2. The van der Waals surface area contributed by atoms with E-state index in [1.54, 1.807) is 0 Å². The molecule has 3 heteroatoms. The summed E-state index contributed by atoms with van der Waals surface area (Å²) in [4.78, 5) is 6.62. The summed E-state index contributed by atoms with van der Waals surface area (Å²) in [6.45, 7) is 4.11. The zero-order valence-electron chi connectivity index (χ0n) is 7.44. The molecule has 13 heavy (non-hydrogen) atoms. The van der Waals surface area contributed by atoms with Crippen molar-refractivity contribution in [3.05, 3.63) is 24.4 Å². The van der Waals surface area contributed by atoms with E-state index in [0.717, 1.165) is 32.1 Å². The molecular weight excluding hydrogens is 164 g/mol. The Bertz CT molecular complexity index is 300. The highest BCUT2D eigenvalue weighted by molar-refractivity contribution is 5.43. The Kier molecular flexibility index (Phi) is 1.38. The highest BCUT2D eigenvalue weighted by atomic mass is 16.5. The molecule has 1 aromatic rings. The third-order valence-electron chi connectivity index (χ3n) is 2.84. The van der Waals surface area contributed by atoms with Crippen LogP contribution < -0.4 is 4.90 Å². The molecule has 2 aliphatic heterocycles. The Hall–Kier alpha value is -1.09. The number of hydrogen-bond acceptors (Lipinski definition) is 3. The van der Waals surface area contributed by atoms with Crippen molar-refractivity contribution in [3.63, 3.8) is 0 Å². The van der Waals surface area contributed by atoms with Gasteiger partial charge in [-0.25, -0.2) is 4.98 Å². The molecule has 0 atom stereocenters. The molecule has 0 aromatic carbocycles. The first-order valence-corrected chi connectivity index (χ1v) is 4.62. The van der Waals surface area contributed by atoms with Gasteiger partial charge in [0, 0.05) is 19.3 Å². The summed E-state index contributed by atoms with van der Waals surface area (Å²) in [7, 11) is 0. The lowest BCUT2D eigenvalue weighted by atomic mass is 9.78. The molecule has 0 N–H and O–H groups in total. The molecule has 3 rings (SSSR count). The lowest BCUT2D eigenvalue weighted by Gasteiger charge is -2.55. The van der Waals surface area contributed by atoms with Gasteiger partial charge in [0.1, 0.15) is 5.82 Å². The third-order valence-corrected chi connectivity index (χ3v) is 2.84. The zero-order valence-corrected chi connectivity index (χ0v) is 7.44. The van der Waals surface area contributed by atoms with Crippen LogP contribution in [0.2, 0.25) is 0 Å². The summed E-state index contributed by atoms with van der Waals surface area (Å²) in [6.07, 6.45) is 1.84. The van der Waals surface area contributed by atoms with Gasteiger partial charge in [0.25, 0.3) is 0 Å². The number of aromatic nitrogens is 1. The highest BCUT2D eigenvalue weighted by Crippen LogP contribution is 2.39. The molecule has 1 aromatic heterocycles. The van der Waals surface area contributed by atoms with Gasteiger partial charge in [0.15, 0.2) is 0 Å². The van der Waals surface area contributed by atoms with Crippen molar-refractivity contribution in [1.29, 1.82) is 0 Å². The molecule has 0 amide bonds. The fourth-order valence-electron chi connectivity index (χ4n) is 2.04. The van der Waals surface area contributed by atoms with Crippen LogP contribution in [0.3, 0.4) is 0 Å². The molecule has 2 saturated heterocycles. The predicted octanol–water partition coefficient (Wildman–Crippen LogP) is 0.918. The van der Waals surface area contributed by atoms with Gasteiger partial charge in [0.2, 0.25) is 0 Å². The van der Waals surface area contributed by atoms with Gasteiger partial charge in [0.05, 0.1) is 18.6 Å². The molecule has 0 aliphatic carbocycles. The van der Waals surface area contributed by atoms with E-state index in [2.05, 4.69) is 16.0 Å². The lowest BCUT2D eigenvalue weighted by molar-refractivity contribution is -0.127. The molecule has 3 nitrogen and oxygen atoms in total. The van der Waals surface area contributed by atoms with E-state index in [4.69, 9.17) is 4.74 Å².